The van der Waals surface area contributed by atoms with Crippen molar-refractivity contribution in [1.82, 2.24) is 5.32 Å². The first-order chi connectivity index (χ1) is 7.06. The number of carbonyl (C=O) groups excluding carboxylic acids is 1. The molecule has 0 saturated carbocycles. The maximum absolute atomic E-state index is 11.4. The largest absolute Gasteiger partial charge is 0.370 e. The van der Waals surface area contributed by atoms with E-state index >= 15 is 0 Å². The molecule has 0 aliphatic carbocycles. The van der Waals surface area contributed by atoms with Crippen LogP contribution in [0.5, 0.6) is 0 Å². The Balaban J connectivity index is 2.41. The molecule has 78 valence electrons. The Morgan fingerprint density at radius 1 is 1.27 bits per heavy atom. The highest BCUT2D eigenvalue weighted by Gasteiger charge is 2.26. The maximum Gasteiger partial charge on any atom is 0.256 e. The van der Waals surface area contributed by atoms with Crippen LogP contribution in [0.1, 0.15) is 11.6 Å². The predicted molar refractivity (Wildman–Crippen MR) is 59.0 cm³/mol. The first-order valence-electron chi connectivity index (χ1n) is 4.16. The number of amides is 1. The number of hydrogen-bond acceptors (Lipinski definition) is 3. The van der Waals surface area contributed by atoms with Crippen LogP contribution in [0, 0.1) is 0 Å². The van der Waals surface area contributed by atoms with E-state index in [0.29, 0.717) is 15.6 Å². The smallest absolute Gasteiger partial charge is 0.256 e. The van der Waals surface area contributed by atoms with E-state index in [1.165, 1.54) is 0 Å². The molecule has 1 aliphatic heterocycles. The summed E-state index contributed by atoms with van der Waals surface area (Å²) < 4.78 is 0. The summed E-state index contributed by atoms with van der Waals surface area (Å²) in [7, 11) is 0. The second-order valence-electron chi connectivity index (χ2n) is 3.11. The zero-order valence-corrected chi connectivity index (χ0v) is 9.01. The van der Waals surface area contributed by atoms with E-state index in [2.05, 4.69) is 10.3 Å². The monoisotopic (exact) mass is 243 g/mol. The minimum Gasteiger partial charge on any atom is -0.370 e. The van der Waals surface area contributed by atoms with Gasteiger partial charge in [0.1, 0.15) is 0 Å². The second kappa shape index (κ2) is 3.72. The van der Waals surface area contributed by atoms with E-state index in [0.717, 1.165) is 0 Å². The molecule has 1 amide bonds. The minimum absolute atomic E-state index is 0.112. The van der Waals surface area contributed by atoms with Gasteiger partial charge < -0.3 is 5.73 Å². The number of carbonyl (C=O) groups is 1. The third kappa shape index (κ3) is 2.06. The van der Waals surface area contributed by atoms with Crippen LogP contribution >= 0.6 is 23.2 Å². The van der Waals surface area contributed by atoms with Crippen molar-refractivity contribution in [3.8, 4) is 0 Å². The van der Waals surface area contributed by atoms with Crippen LogP contribution < -0.4 is 11.1 Å². The molecule has 0 saturated heterocycles. The fourth-order valence-corrected chi connectivity index (χ4v) is 1.93. The number of benzene rings is 1. The van der Waals surface area contributed by atoms with Gasteiger partial charge >= 0.3 is 0 Å². The van der Waals surface area contributed by atoms with Gasteiger partial charge in [0.05, 0.1) is 0 Å². The number of halogens is 2. The second-order valence-corrected chi connectivity index (χ2v) is 3.98. The Labute approximate surface area is 96.1 Å². The Morgan fingerprint density at radius 2 is 1.87 bits per heavy atom. The lowest BCUT2D eigenvalue weighted by atomic mass is 10.1. The van der Waals surface area contributed by atoms with Crippen molar-refractivity contribution < 1.29 is 4.79 Å². The van der Waals surface area contributed by atoms with Gasteiger partial charge in [0, 0.05) is 10.0 Å². The van der Waals surface area contributed by atoms with Gasteiger partial charge in [-0.3, -0.25) is 10.1 Å². The van der Waals surface area contributed by atoms with Crippen molar-refractivity contribution in [3.63, 3.8) is 0 Å². The lowest BCUT2D eigenvalue weighted by Crippen LogP contribution is -2.31. The van der Waals surface area contributed by atoms with Crippen molar-refractivity contribution >= 4 is 35.1 Å². The summed E-state index contributed by atoms with van der Waals surface area (Å²) in [5.41, 5.74) is 6.01. The number of nitrogens with two attached hydrogens (primary N) is 1. The van der Waals surface area contributed by atoms with E-state index in [4.69, 9.17) is 28.9 Å². The van der Waals surface area contributed by atoms with Crippen LogP contribution in [0.3, 0.4) is 0 Å². The van der Waals surface area contributed by atoms with Gasteiger partial charge in [0.15, 0.2) is 12.0 Å². The Morgan fingerprint density at radius 3 is 2.33 bits per heavy atom. The van der Waals surface area contributed by atoms with E-state index < -0.39 is 6.04 Å². The van der Waals surface area contributed by atoms with Crippen molar-refractivity contribution in [2.45, 2.75) is 6.04 Å². The molecular formula is C9H7Cl2N3O. The highest BCUT2D eigenvalue weighted by atomic mass is 35.5. The third-order valence-corrected chi connectivity index (χ3v) is 2.40. The van der Waals surface area contributed by atoms with Gasteiger partial charge in [-0.15, -0.1) is 0 Å². The summed E-state index contributed by atoms with van der Waals surface area (Å²) in [5.74, 6) is -0.160. The quantitative estimate of drug-likeness (QED) is 0.785. The molecule has 1 unspecified atom stereocenters. The molecule has 2 rings (SSSR count). The summed E-state index contributed by atoms with van der Waals surface area (Å²) >= 11 is 11.6. The van der Waals surface area contributed by atoms with Crippen LogP contribution in [0.15, 0.2) is 23.2 Å². The molecule has 0 radical (unpaired) electrons. The predicted octanol–water partition coefficient (Wildman–Crippen LogP) is 1.48. The summed E-state index contributed by atoms with van der Waals surface area (Å²) in [6.45, 7) is 0. The number of nitrogens with one attached hydrogen (secondary N) is 1. The number of rotatable bonds is 1. The average molecular weight is 244 g/mol. The number of nitrogens with zero attached hydrogens (tertiary/aromatic N) is 1. The van der Waals surface area contributed by atoms with Crippen molar-refractivity contribution in [3.05, 3.63) is 33.8 Å². The molecule has 15 heavy (non-hydrogen) atoms. The van der Waals surface area contributed by atoms with Gasteiger partial charge in [0.25, 0.3) is 5.91 Å². The van der Waals surface area contributed by atoms with Crippen molar-refractivity contribution in [1.29, 1.82) is 0 Å². The Kier molecular flexibility index (Phi) is 2.54. The lowest BCUT2D eigenvalue weighted by Gasteiger charge is -2.05. The molecular weight excluding hydrogens is 237 g/mol. The lowest BCUT2D eigenvalue weighted by molar-refractivity contribution is -0.120. The van der Waals surface area contributed by atoms with Crippen LogP contribution in [0.25, 0.3) is 0 Å². The highest BCUT2D eigenvalue weighted by Crippen LogP contribution is 2.27. The van der Waals surface area contributed by atoms with E-state index in [-0.39, 0.29) is 11.9 Å². The van der Waals surface area contributed by atoms with Gasteiger partial charge in [-0.25, -0.2) is 4.99 Å². The van der Waals surface area contributed by atoms with Gasteiger partial charge in [-0.05, 0) is 23.8 Å². The van der Waals surface area contributed by atoms with Crippen LogP contribution in [0.4, 0.5) is 0 Å². The zero-order valence-electron chi connectivity index (χ0n) is 7.50. The fraction of sp³-hybridized carbons (Fsp3) is 0.111. The van der Waals surface area contributed by atoms with Gasteiger partial charge in [0.2, 0.25) is 0 Å². The fourth-order valence-electron chi connectivity index (χ4n) is 1.38. The molecule has 1 heterocycles. The van der Waals surface area contributed by atoms with Crippen LogP contribution in [-0.2, 0) is 4.79 Å². The summed E-state index contributed by atoms with van der Waals surface area (Å²) in [6.07, 6.45) is 0. The average Bonchev–Trinajstić information content (AvgIpc) is 2.43. The van der Waals surface area contributed by atoms with Gasteiger partial charge in [-0.1, -0.05) is 23.2 Å². The van der Waals surface area contributed by atoms with Gasteiger partial charge in [-0.2, -0.15) is 0 Å². The third-order valence-electron chi connectivity index (χ3n) is 1.97. The molecule has 1 aromatic rings. The number of guanidine groups is 1. The molecule has 3 N–H and O–H groups in total. The molecule has 1 atom stereocenters. The topological polar surface area (TPSA) is 67.5 Å². The maximum atomic E-state index is 11.4. The van der Waals surface area contributed by atoms with Crippen LogP contribution in [0.2, 0.25) is 10.0 Å². The van der Waals surface area contributed by atoms with E-state index in [1.54, 1.807) is 18.2 Å². The first-order valence-corrected chi connectivity index (χ1v) is 4.92. The molecule has 1 aromatic carbocycles. The summed E-state index contributed by atoms with van der Waals surface area (Å²) in [6, 6.07) is 4.22. The molecule has 0 bridgehead atoms. The van der Waals surface area contributed by atoms with E-state index in [9.17, 15) is 4.79 Å². The zero-order chi connectivity index (χ0) is 11.0. The Bertz CT molecular complexity index is 438. The summed E-state index contributed by atoms with van der Waals surface area (Å²) in [4.78, 5) is 15.4. The SMILES string of the molecule is NC1=NC(c2cc(Cl)cc(Cl)c2)C(=O)N1. The first kappa shape index (κ1) is 10.3. The standard InChI is InChI=1S/C9H7Cl2N3O/c10-5-1-4(2-6(11)3-5)7-8(15)14-9(12)13-7/h1-3,7H,(H3,12,13,14,15). The number of hydrogen-bond donors (Lipinski definition) is 2. The summed E-state index contributed by atoms with van der Waals surface area (Å²) in [5, 5.41) is 3.33. The number of aliphatic imine (C=N–C) groups is 1. The minimum atomic E-state index is -0.652. The van der Waals surface area contributed by atoms with Crippen molar-refractivity contribution in [2.24, 2.45) is 10.7 Å². The molecule has 1 aliphatic rings. The van der Waals surface area contributed by atoms with Crippen molar-refractivity contribution in [2.75, 3.05) is 0 Å². The molecule has 0 fully saturated rings. The molecule has 4 nitrogen and oxygen atoms in total. The van der Waals surface area contributed by atoms with Crippen LogP contribution in [-0.4, -0.2) is 11.9 Å². The molecule has 6 heteroatoms. The molecule has 0 spiro atoms. The highest BCUT2D eigenvalue weighted by molar-refractivity contribution is 6.34. The molecule has 0 aromatic heterocycles. The Hall–Kier alpha value is -1.26. The van der Waals surface area contributed by atoms with E-state index in [1.807, 2.05) is 0 Å². The normalized spacial score (nSPS) is 20.0.